The van der Waals surface area contributed by atoms with Crippen molar-refractivity contribution in [1.82, 2.24) is 36.3 Å². The van der Waals surface area contributed by atoms with Crippen LogP contribution in [-0.4, -0.2) is 74.6 Å². The SMILES string of the molecule is C[C@@H]1NC(=O)c2ccc(Cl)cc2OCCCn2cc(nn2)CNC(=O)[C@@H](Cc2ccccc2)NC(=O)[C@H]([C@@H](C)O)NC1=O. The van der Waals surface area contributed by atoms with Crippen molar-refractivity contribution >= 4 is 35.2 Å². The van der Waals surface area contributed by atoms with Gasteiger partial charge in [0.1, 0.15) is 29.6 Å². The molecule has 0 unspecified atom stereocenters. The van der Waals surface area contributed by atoms with E-state index in [1.54, 1.807) is 10.9 Å². The lowest BCUT2D eigenvalue weighted by molar-refractivity contribution is -0.134. The Morgan fingerprint density at radius 2 is 1.81 bits per heavy atom. The number of hydrogen-bond donors (Lipinski definition) is 5. The number of aryl methyl sites for hydroxylation is 1. The van der Waals surface area contributed by atoms with Crippen molar-refractivity contribution in [2.75, 3.05) is 6.61 Å². The van der Waals surface area contributed by atoms with Gasteiger partial charge in [-0.1, -0.05) is 47.1 Å². The molecule has 1 aliphatic rings. The normalized spacial score (nSPS) is 21.5. The molecule has 0 spiro atoms. The van der Waals surface area contributed by atoms with Crippen molar-refractivity contribution in [1.29, 1.82) is 0 Å². The molecule has 5 N–H and O–H groups in total. The van der Waals surface area contributed by atoms with Crippen LogP contribution in [0.2, 0.25) is 5.02 Å². The predicted molar refractivity (Wildman–Crippen MR) is 156 cm³/mol. The molecule has 13 nitrogen and oxygen atoms in total. The van der Waals surface area contributed by atoms with Crippen LogP contribution in [0.1, 0.15) is 41.9 Å². The summed E-state index contributed by atoms with van der Waals surface area (Å²) in [5, 5.41) is 29.4. The van der Waals surface area contributed by atoms with Gasteiger partial charge < -0.3 is 31.1 Å². The van der Waals surface area contributed by atoms with Crippen molar-refractivity contribution in [3.05, 3.63) is 76.6 Å². The van der Waals surface area contributed by atoms with E-state index >= 15 is 0 Å². The van der Waals surface area contributed by atoms with Crippen LogP contribution >= 0.6 is 11.6 Å². The molecule has 1 aromatic heterocycles. The van der Waals surface area contributed by atoms with Crippen LogP contribution in [0.3, 0.4) is 0 Å². The van der Waals surface area contributed by atoms with Gasteiger partial charge in [-0.2, -0.15) is 0 Å². The van der Waals surface area contributed by atoms with E-state index in [0.717, 1.165) is 5.56 Å². The Hall–Kier alpha value is -4.49. The smallest absolute Gasteiger partial charge is 0.255 e. The average Bonchev–Trinajstić information content (AvgIpc) is 3.43. The second-order valence-corrected chi connectivity index (χ2v) is 10.6. The van der Waals surface area contributed by atoms with Crippen molar-refractivity contribution in [2.45, 2.75) is 64.0 Å². The topological polar surface area (TPSA) is 177 Å². The number of rotatable bonds is 3. The molecule has 14 heteroatoms. The minimum absolute atomic E-state index is 0.0598. The molecule has 0 aliphatic carbocycles. The molecule has 3 aromatic rings. The Kier molecular flexibility index (Phi) is 10.7. The molecule has 0 fully saturated rings. The maximum absolute atomic E-state index is 13.3. The van der Waals surface area contributed by atoms with Crippen molar-refractivity contribution in [3.63, 3.8) is 0 Å². The summed E-state index contributed by atoms with van der Waals surface area (Å²) in [7, 11) is 0. The lowest BCUT2D eigenvalue weighted by Gasteiger charge is -2.26. The van der Waals surface area contributed by atoms with E-state index in [0.29, 0.717) is 23.7 Å². The summed E-state index contributed by atoms with van der Waals surface area (Å²) in [6.45, 7) is 3.52. The highest BCUT2D eigenvalue weighted by Gasteiger charge is 2.32. The highest BCUT2D eigenvalue weighted by molar-refractivity contribution is 6.30. The van der Waals surface area contributed by atoms with Gasteiger partial charge in [-0.25, -0.2) is 0 Å². The second-order valence-electron chi connectivity index (χ2n) is 10.2. The third kappa shape index (κ3) is 8.75. The molecule has 2 aromatic carbocycles. The Morgan fingerprint density at radius 3 is 2.56 bits per heavy atom. The fourth-order valence-electron chi connectivity index (χ4n) is 4.39. The minimum atomic E-state index is -1.42. The number of halogens is 1. The summed E-state index contributed by atoms with van der Waals surface area (Å²) >= 11 is 6.13. The first-order valence-corrected chi connectivity index (χ1v) is 14.2. The van der Waals surface area contributed by atoms with Gasteiger partial charge in [-0.15, -0.1) is 5.10 Å². The number of benzene rings is 2. The summed E-state index contributed by atoms with van der Waals surface area (Å²) in [4.78, 5) is 52.7. The van der Waals surface area contributed by atoms with Crippen LogP contribution in [0.5, 0.6) is 5.75 Å². The van der Waals surface area contributed by atoms with E-state index in [9.17, 15) is 24.3 Å². The first-order valence-electron chi connectivity index (χ1n) is 13.8. The van der Waals surface area contributed by atoms with E-state index in [1.807, 2.05) is 30.3 Å². The number of fused-ring (bicyclic) bond motifs is 3. The number of nitrogens with zero attached hydrogens (tertiary/aromatic N) is 3. The molecule has 1 aliphatic heterocycles. The van der Waals surface area contributed by atoms with Gasteiger partial charge in [0.05, 0.1) is 31.0 Å². The van der Waals surface area contributed by atoms with Gasteiger partial charge in [0.15, 0.2) is 0 Å². The quantitative estimate of drug-likeness (QED) is 0.288. The molecule has 228 valence electrons. The molecule has 0 saturated carbocycles. The lowest BCUT2D eigenvalue weighted by Crippen LogP contribution is -2.59. The number of aromatic nitrogens is 3. The summed E-state index contributed by atoms with van der Waals surface area (Å²) in [5.74, 6) is -2.35. The summed E-state index contributed by atoms with van der Waals surface area (Å²) in [5.41, 5.74) is 1.45. The number of aliphatic hydroxyl groups excluding tert-OH is 1. The van der Waals surface area contributed by atoms with Crippen molar-refractivity contribution in [2.24, 2.45) is 0 Å². The van der Waals surface area contributed by atoms with Gasteiger partial charge in [0.2, 0.25) is 17.7 Å². The third-order valence-electron chi connectivity index (χ3n) is 6.73. The fraction of sp³-hybridized carbons (Fsp3) is 0.379. The molecule has 2 heterocycles. The molecular formula is C29H34ClN7O6. The molecular weight excluding hydrogens is 578 g/mol. The van der Waals surface area contributed by atoms with Crippen LogP contribution in [0, 0.1) is 0 Å². The molecule has 4 rings (SSSR count). The molecule has 43 heavy (non-hydrogen) atoms. The standard InChI is InChI=1S/C29H34ClN7O6/c1-17-26(39)34-25(18(2)38)29(42)33-23(13-19-7-4-3-5-8-19)28(41)31-15-21-16-37(36-35-21)11-6-12-43-24-14-20(30)9-10-22(24)27(40)32-17/h3-5,7-10,14,16-18,23,25,38H,6,11-13,15H2,1-2H3,(H,31,41)(H,32,40)(H,33,42)(H,34,39)/t17-,18+,23+,25-/m0/s1. The highest BCUT2D eigenvalue weighted by Crippen LogP contribution is 2.24. The van der Waals surface area contributed by atoms with E-state index < -0.39 is 47.9 Å². The van der Waals surface area contributed by atoms with Crippen LogP contribution in [0.4, 0.5) is 0 Å². The zero-order chi connectivity index (χ0) is 30.9. The van der Waals surface area contributed by atoms with E-state index in [-0.39, 0.29) is 30.9 Å². The van der Waals surface area contributed by atoms with E-state index in [2.05, 4.69) is 31.6 Å². The fourth-order valence-corrected chi connectivity index (χ4v) is 4.55. The number of hydrogen-bond acceptors (Lipinski definition) is 8. The van der Waals surface area contributed by atoms with Crippen LogP contribution in [0.15, 0.2) is 54.7 Å². The summed E-state index contributed by atoms with van der Waals surface area (Å²) < 4.78 is 7.44. The number of ether oxygens (including phenoxy) is 1. The molecule has 2 bridgehead atoms. The van der Waals surface area contributed by atoms with Crippen LogP contribution in [-0.2, 0) is 33.9 Å². The molecule has 0 saturated heterocycles. The van der Waals surface area contributed by atoms with Crippen molar-refractivity contribution in [3.8, 4) is 5.75 Å². The zero-order valence-corrected chi connectivity index (χ0v) is 24.5. The average molecular weight is 612 g/mol. The molecule has 0 radical (unpaired) electrons. The third-order valence-corrected chi connectivity index (χ3v) is 6.96. The Balaban J connectivity index is 1.60. The van der Waals surface area contributed by atoms with Crippen molar-refractivity contribution < 1.29 is 29.0 Å². The van der Waals surface area contributed by atoms with Gasteiger partial charge in [-0.05, 0) is 37.6 Å². The Labute approximate surface area is 253 Å². The predicted octanol–water partition coefficient (Wildman–Crippen LogP) is 0.742. The number of carbonyl (C=O) groups is 4. The summed E-state index contributed by atoms with van der Waals surface area (Å²) in [6.07, 6.45) is 1.04. The Bertz CT molecular complexity index is 1450. The summed E-state index contributed by atoms with van der Waals surface area (Å²) in [6, 6.07) is 10.1. The molecule has 4 atom stereocenters. The number of amides is 4. The first kappa shape index (κ1) is 31.4. The lowest BCUT2D eigenvalue weighted by atomic mass is 10.0. The van der Waals surface area contributed by atoms with Gasteiger partial charge in [0.25, 0.3) is 5.91 Å². The highest BCUT2D eigenvalue weighted by atomic mass is 35.5. The number of carbonyl (C=O) groups excluding carboxylic acids is 4. The number of aliphatic hydroxyl groups is 1. The zero-order valence-electron chi connectivity index (χ0n) is 23.7. The monoisotopic (exact) mass is 611 g/mol. The minimum Gasteiger partial charge on any atom is -0.493 e. The van der Waals surface area contributed by atoms with E-state index in [1.165, 1.54) is 32.0 Å². The van der Waals surface area contributed by atoms with Gasteiger partial charge in [0, 0.05) is 24.4 Å². The first-order chi connectivity index (χ1) is 20.6. The van der Waals surface area contributed by atoms with Crippen LogP contribution in [0.25, 0.3) is 0 Å². The van der Waals surface area contributed by atoms with E-state index in [4.69, 9.17) is 16.3 Å². The maximum Gasteiger partial charge on any atom is 0.255 e. The van der Waals surface area contributed by atoms with Gasteiger partial charge in [-0.3, -0.25) is 23.9 Å². The maximum atomic E-state index is 13.3. The van der Waals surface area contributed by atoms with Gasteiger partial charge >= 0.3 is 0 Å². The molecule has 4 amide bonds. The Morgan fingerprint density at radius 1 is 1.05 bits per heavy atom. The number of nitrogens with one attached hydrogen (secondary N) is 4. The van der Waals surface area contributed by atoms with Crippen LogP contribution < -0.4 is 26.0 Å². The second kappa shape index (κ2) is 14.6. The largest absolute Gasteiger partial charge is 0.493 e.